The zero-order chi connectivity index (χ0) is 18.8. The zero-order valence-electron chi connectivity index (χ0n) is 12.9. The van der Waals surface area contributed by atoms with Crippen LogP contribution in [0, 0.1) is 13.7 Å². The Morgan fingerprint density at radius 2 is 1.92 bits per heavy atom. The van der Waals surface area contributed by atoms with Gasteiger partial charge in [-0.25, -0.2) is 4.90 Å². The summed E-state index contributed by atoms with van der Waals surface area (Å²) in [5.74, 6) is -1.21. The quantitative estimate of drug-likeness (QED) is 0.158. The molecular formula is C17H9IN2O4S2. The number of halogens is 1. The molecule has 1 aliphatic rings. The zero-order valence-corrected chi connectivity index (χ0v) is 16.7. The lowest BCUT2D eigenvalue weighted by molar-refractivity contribution is -0.384. The van der Waals surface area contributed by atoms with Gasteiger partial charge in [-0.05, 0) is 52.4 Å². The first-order valence-electron chi connectivity index (χ1n) is 7.19. The third-order valence-electron chi connectivity index (χ3n) is 3.47. The number of thioether (sulfide) groups is 1. The molecule has 2 aromatic rings. The SMILES string of the molecule is O=C1/C(=C\c2ccc(I)cc2)SC(=S)N1C(=O)c1cccc([N+](=O)[O-])c1. The fourth-order valence-corrected chi connectivity index (χ4v) is 3.85. The maximum atomic E-state index is 12.6. The van der Waals surface area contributed by atoms with E-state index < -0.39 is 16.7 Å². The summed E-state index contributed by atoms with van der Waals surface area (Å²) >= 11 is 8.37. The number of nitro groups is 1. The van der Waals surface area contributed by atoms with Gasteiger partial charge in [0.1, 0.15) is 0 Å². The normalized spacial score (nSPS) is 15.6. The van der Waals surface area contributed by atoms with Crippen molar-refractivity contribution < 1.29 is 14.5 Å². The van der Waals surface area contributed by atoms with Gasteiger partial charge in [0.2, 0.25) is 0 Å². The van der Waals surface area contributed by atoms with Crippen LogP contribution in [0.1, 0.15) is 15.9 Å². The van der Waals surface area contributed by atoms with Crippen LogP contribution in [0.2, 0.25) is 0 Å². The maximum absolute atomic E-state index is 12.6. The third kappa shape index (κ3) is 3.84. The number of hydrogen-bond donors (Lipinski definition) is 0. The van der Waals surface area contributed by atoms with Gasteiger partial charge in [0.25, 0.3) is 17.5 Å². The Labute approximate surface area is 171 Å². The lowest BCUT2D eigenvalue weighted by Gasteiger charge is -2.12. The number of nitrogens with zero attached hydrogens (tertiary/aromatic N) is 2. The Bertz CT molecular complexity index is 973. The Morgan fingerprint density at radius 1 is 1.23 bits per heavy atom. The fourth-order valence-electron chi connectivity index (χ4n) is 2.23. The van der Waals surface area contributed by atoms with Crippen molar-refractivity contribution in [2.45, 2.75) is 0 Å². The van der Waals surface area contributed by atoms with Crippen molar-refractivity contribution in [1.82, 2.24) is 4.90 Å². The predicted molar refractivity (Wildman–Crippen MR) is 112 cm³/mol. The number of imide groups is 1. The third-order valence-corrected chi connectivity index (χ3v) is 5.49. The van der Waals surface area contributed by atoms with Gasteiger partial charge in [-0.1, -0.05) is 42.2 Å². The highest BCUT2D eigenvalue weighted by Crippen LogP contribution is 2.34. The molecule has 26 heavy (non-hydrogen) atoms. The van der Waals surface area contributed by atoms with Crippen molar-refractivity contribution >= 4 is 74.5 Å². The predicted octanol–water partition coefficient (Wildman–Crippen LogP) is 4.24. The van der Waals surface area contributed by atoms with Gasteiger partial charge in [-0.15, -0.1) is 0 Å². The highest BCUT2D eigenvalue weighted by atomic mass is 127. The molecule has 0 aromatic heterocycles. The minimum Gasteiger partial charge on any atom is -0.268 e. The van der Waals surface area contributed by atoms with Crippen LogP contribution in [-0.4, -0.2) is 26.0 Å². The van der Waals surface area contributed by atoms with E-state index >= 15 is 0 Å². The second-order valence-electron chi connectivity index (χ2n) is 5.18. The van der Waals surface area contributed by atoms with Crippen molar-refractivity contribution in [2.24, 2.45) is 0 Å². The van der Waals surface area contributed by atoms with E-state index in [1.54, 1.807) is 6.08 Å². The molecule has 130 valence electrons. The molecular weight excluding hydrogens is 487 g/mol. The molecule has 0 atom stereocenters. The van der Waals surface area contributed by atoms with Gasteiger partial charge in [0, 0.05) is 21.3 Å². The Morgan fingerprint density at radius 3 is 2.58 bits per heavy atom. The summed E-state index contributed by atoms with van der Waals surface area (Å²) in [5.41, 5.74) is 0.621. The Hall–Kier alpha value is -2.11. The molecule has 0 spiro atoms. The molecule has 0 saturated carbocycles. The first-order valence-corrected chi connectivity index (χ1v) is 9.49. The van der Waals surface area contributed by atoms with Crippen LogP contribution in [-0.2, 0) is 4.79 Å². The van der Waals surface area contributed by atoms with Crippen molar-refractivity contribution in [3.63, 3.8) is 0 Å². The van der Waals surface area contributed by atoms with Crippen LogP contribution < -0.4 is 0 Å². The van der Waals surface area contributed by atoms with E-state index in [9.17, 15) is 19.7 Å². The molecule has 3 rings (SSSR count). The lowest BCUT2D eigenvalue weighted by atomic mass is 10.1. The van der Waals surface area contributed by atoms with Crippen LogP contribution in [0.5, 0.6) is 0 Å². The van der Waals surface area contributed by atoms with Crippen LogP contribution in [0.4, 0.5) is 5.69 Å². The molecule has 0 bridgehead atoms. The molecule has 9 heteroatoms. The van der Waals surface area contributed by atoms with E-state index in [1.807, 2.05) is 24.3 Å². The lowest BCUT2D eigenvalue weighted by Crippen LogP contribution is -2.34. The number of hydrogen-bond acceptors (Lipinski definition) is 6. The summed E-state index contributed by atoms with van der Waals surface area (Å²) in [5, 5.41) is 10.9. The Balaban J connectivity index is 1.89. The second kappa shape index (κ2) is 7.64. The number of benzene rings is 2. The monoisotopic (exact) mass is 496 g/mol. The minimum atomic E-state index is -0.679. The molecule has 0 aliphatic carbocycles. The average Bonchev–Trinajstić information content (AvgIpc) is 2.90. The molecule has 0 N–H and O–H groups in total. The van der Waals surface area contributed by atoms with E-state index in [1.165, 1.54) is 18.2 Å². The molecule has 0 radical (unpaired) electrons. The maximum Gasteiger partial charge on any atom is 0.273 e. The standard InChI is InChI=1S/C17H9IN2O4S2/c18-12-6-4-10(5-7-12)8-14-16(22)19(17(25)26-14)15(21)11-2-1-3-13(9-11)20(23)24/h1-9H/b14-8+. The number of carbonyl (C=O) groups excluding carboxylic acids is 2. The van der Waals surface area contributed by atoms with Crippen LogP contribution >= 0.6 is 46.6 Å². The molecule has 1 saturated heterocycles. The molecule has 6 nitrogen and oxygen atoms in total. The van der Waals surface area contributed by atoms with Gasteiger partial charge < -0.3 is 0 Å². The summed E-state index contributed by atoms with van der Waals surface area (Å²) in [6, 6.07) is 12.7. The number of amides is 2. The summed E-state index contributed by atoms with van der Waals surface area (Å²) < 4.78 is 1.16. The number of carbonyl (C=O) groups is 2. The summed E-state index contributed by atoms with van der Waals surface area (Å²) in [6.45, 7) is 0. The second-order valence-corrected chi connectivity index (χ2v) is 8.10. The number of non-ortho nitro benzene ring substituents is 1. The Kier molecular flexibility index (Phi) is 5.49. The fraction of sp³-hybridized carbons (Fsp3) is 0. The largest absolute Gasteiger partial charge is 0.273 e. The van der Waals surface area contributed by atoms with E-state index in [4.69, 9.17) is 12.2 Å². The topological polar surface area (TPSA) is 80.5 Å². The highest BCUT2D eigenvalue weighted by molar-refractivity contribution is 14.1. The summed E-state index contributed by atoms with van der Waals surface area (Å²) in [6.07, 6.45) is 1.66. The van der Waals surface area contributed by atoms with E-state index in [0.717, 1.165) is 31.9 Å². The highest BCUT2D eigenvalue weighted by Gasteiger charge is 2.37. The molecule has 1 fully saturated rings. The van der Waals surface area contributed by atoms with E-state index in [0.29, 0.717) is 4.91 Å². The molecule has 2 amide bonds. The van der Waals surface area contributed by atoms with Crippen LogP contribution in [0.15, 0.2) is 53.4 Å². The minimum absolute atomic E-state index is 0.0333. The summed E-state index contributed by atoms with van der Waals surface area (Å²) in [4.78, 5) is 36.7. The first-order chi connectivity index (χ1) is 12.4. The first kappa shape index (κ1) is 18.7. The molecule has 2 aromatic carbocycles. The van der Waals surface area contributed by atoms with Crippen LogP contribution in [0.3, 0.4) is 0 Å². The average molecular weight is 496 g/mol. The molecule has 0 unspecified atom stereocenters. The van der Waals surface area contributed by atoms with Crippen molar-refractivity contribution in [1.29, 1.82) is 0 Å². The number of thiocarbonyl (C=S) groups is 1. The number of nitro benzene ring substituents is 1. The van der Waals surface area contributed by atoms with Crippen molar-refractivity contribution in [2.75, 3.05) is 0 Å². The smallest absolute Gasteiger partial charge is 0.268 e. The van der Waals surface area contributed by atoms with Gasteiger partial charge in [-0.3, -0.25) is 19.7 Å². The number of rotatable bonds is 3. The van der Waals surface area contributed by atoms with Gasteiger partial charge in [-0.2, -0.15) is 0 Å². The van der Waals surface area contributed by atoms with Gasteiger partial charge >= 0.3 is 0 Å². The summed E-state index contributed by atoms with van der Waals surface area (Å²) in [7, 11) is 0. The van der Waals surface area contributed by atoms with E-state index in [-0.39, 0.29) is 15.6 Å². The van der Waals surface area contributed by atoms with Crippen molar-refractivity contribution in [3.05, 3.63) is 78.2 Å². The van der Waals surface area contributed by atoms with Gasteiger partial charge in [0.15, 0.2) is 4.32 Å². The van der Waals surface area contributed by atoms with Crippen LogP contribution in [0.25, 0.3) is 6.08 Å². The van der Waals surface area contributed by atoms with E-state index in [2.05, 4.69) is 22.6 Å². The van der Waals surface area contributed by atoms with Crippen molar-refractivity contribution in [3.8, 4) is 0 Å². The molecule has 1 heterocycles. The van der Waals surface area contributed by atoms with Gasteiger partial charge in [0.05, 0.1) is 9.83 Å². The molecule has 1 aliphatic heterocycles.